The highest BCUT2D eigenvalue weighted by atomic mass is 35.5. The van der Waals surface area contributed by atoms with Gasteiger partial charge < -0.3 is 9.84 Å². The average Bonchev–Trinajstić information content (AvgIpc) is 2.52. The number of nitrogens with zero attached hydrogens (tertiary/aromatic N) is 1. The molecule has 7 nitrogen and oxygen atoms in total. The van der Waals surface area contributed by atoms with Crippen LogP contribution in [0.4, 0.5) is 0 Å². The summed E-state index contributed by atoms with van der Waals surface area (Å²) in [6, 6.07) is 3.94. The standard InChI is InChI=1S/C15H21ClN2O5S/c1-2-23-14(19)10-18-8-6-11(7-9-18)17-24(21,22)13-5-3-4-12(16)15(13)20/h3-5,11,17,20H,2,6-10H2,1H3. The molecular formula is C15H21ClN2O5S. The summed E-state index contributed by atoms with van der Waals surface area (Å²) in [6.07, 6.45) is 1.14. The van der Waals surface area contributed by atoms with Crippen LogP contribution in [0.5, 0.6) is 5.75 Å². The molecular weight excluding hydrogens is 356 g/mol. The molecule has 1 aromatic rings. The maximum Gasteiger partial charge on any atom is 0.320 e. The number of piperidine rings is 1. The van der Waals surface area contributed by atoms with Crippen molar-refractivity contribution in [3.8, 4) is 5.75 Å². The minimum atomic E-state index is -3.86. The van der Waals surface area contributed by atoms with Crippen molar-refractivity contribution in [2.24, 2.45) is 0 Å². The van der Waals surface area contributed by atoms with Gasteiger partial charge in [-0.3, -0.25) is 9.69 Å². The molecule has 0 spiro atoms. The Balaban J connectivity index is 1.93. The lowest BCUT2D eigenvalue weighted by molar-refractivity contribution is -0.144. The fraction of sp³-hybridized carbons (Fsp3) is 0.533. The van der Waals surface area contributed by atoms with Crippen molar-refractivity contribution in [2.45, 2.75) is 30.7 Å². The number of hydrogen-bond acceptors (Lipinski definition) is 6. The van der Waals surface area contributed by atoms with Crippen LogP contribution in [0, 0.1) is 0 Å². The van der Waals surface area contributed by atoms with Crippen molar-refractivity contribution in [1.29, 1.82) is 0 Å². The Labute approximate surface area is 146 Å². The maximum atomic E-state index is 12.4. The van der Waals surface area contributed by atoms with Crippen LogP contribution >= 0.6 is 11.6 Å². The van der Waals surface area contributed by atoms with E-state index in [9.17, 15) is 18.3 Å². The van der Waals surface area contributed by atoms with Gasteiger partial charge in [-0.1, -0.05) is 17.7 Å². The lowest BCUT2D eigenvalue weighted by Gasteiger charge is -2.31. The summed E-state index contributed by atoms with van der Waals surface area (Å²) in [7, 11) is -3.86. The Morgan fingerprint density at radius 2 is 2.08 bits per heavy atom. The third-order valence-electron chi connectivity index (χ3n) is 3.81. The highest BCUT2D eigenvalue weighted by Gasteiger charge is 2.27. The molecule has 1 aliphatic rings. The number of para-hydroxylation sites is 1. The molecule has 1 aliphatic heterocycles. The van der Waals surface area contributed by atoms with Crippen molar-refractivity contribution >= 4 is 27.6 Å². The number of likely N-dealkylation sites (tertiary alicyclic amines) is 1. The number of carbonyl (C=O) groups is 1. The molecule has 2 rings (SSSR count). The molecule has 0 saturated carbocycles. The predicted octanol–water partition coefficient (Wildman–Crippen LogP) is 1.35. The molecule has 9 heteroatoms. The molecule has 0 atom stereocenters. The second-order valence-electron chi connectivity index (χ2n) is 5.56. The molecule has 0 aromatic heterocycles. The van der Waals surface area contributed by atoms with Crippen LogP contribution in [-0.4, -0.2) is 56.7 Å². The predicted molar refractivity (Wildman–Crippen MR) is 89.5 cm³/mol. The summed E-state index contributed by atoms with van der Waals surface area (Å²) in [5, 5.41) is 9.83. The van der Waals surface area contributed by atoms with Crippen LogP contribution < -0.4 is 4.72 Å². The van der Waals surface area contributed by atoms with E-state index in [4.69, 9.17) is 16.3 Å². The first-order chi connectivity index (χ1) is 11.3. The third-order valence-corrected chi connectivity index (χ3v) is 5.66. The topological polar surface area (TPSA) is 95.9 Å². The van der Waals surface area contributed by atoms with Crippen LogP contribution in [-0.2, 0) is 19.6 Å². The van der Waals surface area contributed by atoms with Crippen LogP contribution in [0.1, 0.15) is 19.8 Å². The molecule has 0 aliphatic carbocycles. The van der Waals surface area contributed by atoms with Gasteiger partial charge in [0.15, 0.2) is 5.75 Å². The first kappa shape index (κ1) is 19.0. The van der Waals surface area contributed by atoms with Crippen molar-refractivity contribution < 1.29 is 23.1 Å². The Morgan fingerprint density at radius 3 is 2.71 bits per heavy atom. The van der Waals surface area contributed by atoms with E-state index in [0.717, 1.165) is 0 Å². The zero-order valence-electron chi connectivity index (χ0n) is 13.4. The zero-order valence-corrected chi connectivity index (χ0v) is 14.9. The van der Waals surface area contributed by atoms with E-state index in [2.05, 4.69) is 4.72 Å². The summed E-state index contributed by atoms with van der Waals surface area (Å²) in [5.41, 5.74) is 0. The summed E-state index contributed by atoms with van der Waals surface area (Å²) >= 11 is 5.76. The number of halogens is 1. The van der Waals surface area contributed by atoms with Crippen LogP contribution in [0.25, 0.3) is 0 Å². The third kappa shape index (κ3) is 4.83. The van der Waals surface area contributed by atoms with Crippen molar-refractivity contribution in [1.82, 2.24) is 9.62 Å². The van der Waals surface area contributed by atoms with Gasteiger partial charge in [0.05, 0.1) is 18.2 Å². The Morgan fingerprint density at radius 1 is 1.42 bits per heavy atom. The maximum absolute atomic E-state index is 12.4. The van der Waals surface area contributed by atoms with E-state index in [1.54, 1.807) is 6.92 Å². The van der Waals surface area contributed by atoms with Crippen molar-refractivity contribution in [3.05, 3.63) is 23.2 Å². The minimum Gasteiger partial charge on any atom is -0.505 e. The molecule has 134 valence electrons. The molecule has 1 aromatic carbocycles. The fourth-order valence-electron chi connectivity index (χ4n) is 2.59. The van der Waals surface area contributed by atoms with Gasteiger partial charge in [0, 0.05) is 19.1 Å². The number of aromatic hydroxyl groups is 1. The number of phenolic OH excluding ortho intramolecular Hbond substituents is 1. The Kier molecular flexibility index (Phi) is 6.45. The SMILES string of the molecule is CCOC(=O)CN1CCC(NS(=O)(=O)c2cccc(Cl)c2O)CC1. The molecule has 1 fully saturated rings. The van der Waals surface area contributed by atoms with Gasteiger partial charge in [-0.05, 0) is 31.9 Å². The first-order valence-electron chi connectivity index (χ1n) is 7.71. The Hall–Kier alpha value is -1.35. The molecule has 2 N–H and O–H groups in total. The molecule has 24 heavy (non-hydrogen) atoms. The normalized spacial score (nSPS) is 16.9. The van der Waals surface area contributed by atoms with E-state index in [1.807, 2.05) is 4.90 Å². The molecule has 1 saturated heterocycles. The summed E-state index contributed by atoms with van der Waals surface area (Å²) in [4.78, 5) is 13.2. The minimum absolute atomic E-state index is 0.0119. The van der Waals surface area contributed by atoms with E-state index < -0.39 is 15.8 Å². The number of carbonyl (C=O) groups excluding carboxylic acids is 1. The van der Waals surface area contributed by atoms with Crippen molar-refractivity contribution in [2.75, 3.05) is 26.2 Å². The van der Waals surface area contributed by atoms with Gasteiger partial charge >= 0.3 is 5.97 Å². The van der Waals surface area contributed by atoms with Crippen LogP contribution in [0.3, 0.4) is 0 Å². The van der Waals surface area contributed by atoms with E-state index in [-0.39, 0.29) is 28.5 Å². The monoisotopic (exact) mass is 376 g/mol. The number of rotatable bonds is 6. The largest absolute Gasteiger partial charge is 0.505 e. The number of phenols is 1. The highest BCUT2D eigenvalue weighted by Crippen LogP contribution is 2.30. The first-order valence-corrected chi connectivity index (χ1v) is 9.57. The molecule has 0 unspecified atom stereocenters. The van der Waals surface area contributed by atoms with E-state index in [0.29, 0.717) is 32.5 Å². The zero-order chi connectivity index (χ0) is 17.7. The number of sulfonamides is 1. The Bertz CT molecular complexity index is 687. The second kappa shape index (κ2) is 8.15. The van der Waals surface area contributed by atoms with Crippen LogP contribution in [0.15, 0.2) is 23.1 Å². The average molecular weight is 377 g/mol. The molecule has 1 heterocycles. The molecule has 0 amide bonds. The summed E-state index contributed by atoms with van der Waals surface area (Å²) in [5.74, 6) is -0.730. The van der Waals surface area contributed by atoms with Crippen LogP contribution in [0.2, 0.25) is 5.02 Å². The van der Waals surface area contributed by atoms with Gasteiger partial charge in [0.25, 0.3) is 0 Å². The highest BCUT2D eigenvalue weighted by molar-refractivity contribution is 7.89. The van der Waals surface area contributed by atoms with Crippen molar-refractivity contribution in [3.63, 3.8) is 0 Å². The number of benzene rings is 1. The number of nitrogens with one attached hydrogen (secondary N) is 1. The lowest BCUT2D eigenvalue weighted by Crippen LogP contribution is -2.46. The van der Waals surface area contributed by atoms with E-state index in [1.165, 1.54) is 18.2 Å². The summed E-state index contributed by atoms with van der Waals surface area (Å²) in [6.45, 7) is 3.49. The quantitative estimate of drug-likeness (QED) is 0.727. The second-order valence-corrected chi connectivity index (χ2v) is 7.65. The van der Waals surface area contributed by atoms with E-state index >= 15 is 0 Å². The molecule has 0 bridgehead atoms. The fourth-order valence-corrected chi connectivity index (χ4v) is 4.25. The number of ether oxygens (including phenoxy) is 1. The van der Waals surface area contributed by atoms with Gasteiger partial charge in [-0.25, -0.2) is 13.1 Å². The van der Waals surface area contributed by atoms with Gasteiger partial charge in [-0.2, -0.15) is 0 Å². The number of esters is 1. The lowest BCUT2D eigenvalue weighted by atomic mass is 10.1. The molecule has 0 radical (unpaired) electrons. The number of hydrogen-bond donors (Lipinski definition) is 2. The summed E-state index contributed by atoms with van der Waals surface area (Å²) < 4.78 is 32.3. The van der Waals surface area contributed by atoms with Gasteiger partial charge in [0.1, 0.15) is 4.90 Å². The van der Waals surface area contributed by atoms with Gasteiger partial charge in [-0.15, -0.1) is 0 Å². The van der Waals surface area contributed by atoms with Gasteiger partial charge in [0.2, 0.25) is 10.0 Å². The smallest absolute Gasteiger partial charge is 0.320 e.